The number of nitrogens with one attached hydrogen (secondary N) is 1. The number of H-pyrrole nitrogens is 1. The van der Waals surface area contributed by atoms with Crippen LogP contribution in [-0.2, 0) is 6.54 Å². The summed E-state index contributed by atoms with van der Waals surface area (Å²) in [7, 11) is 0. The Morgan fingerprint density at radius 2 is 2.00 bits per heavy atom. The minimum absolute atomic E-state index is 0.109. The molecule has 0 saturated carbocycles. The molecule has 3 rings (SSSR count). The number of pyridine rings is 1. The summed E-state index contributed by atoms with van der Waals surface area (Å²) in [6, 6.07) is 11.8. The average Bonchev–Trinajstić information content (AvgIpc) is 2.95. The van der Waals surface area contributed by atoms with Crippen LogP contribution >= 0.6 is 0 Å². The summed E-state index contributed by atoms with van der Waals surface area (Å²) in [6.45, 7) is 0.311. The third-order valence-electron chi connectivity index (χ3n) is 3.50. The van der Waals surface area contributed by atoms with Crippen LogP contribution in [0.25, 0.3) is 11.1 Å². The number of hydrogen-bond donors (Lipinski definition) is 2. The van der Waals surface area contributed by atoms with Gasteiger partial charge in [0.1, 0.15) is 0 Å². The highest BCUT2D eigenvalue weighted by molar-refractivity contribution is 5.87. The Bertz CT molecular complexity index is 976. The molecule has 0 aliphatic heterocycles. The summed E-state index contributed by atoms with van der Waals surface area (Å²) in [5, 5.41) is 20.4. The van der Waals surface area contributed by atoms with Gasteiger partial charge >= 0.3 is 5.97 Å². The summed E-state index contributed by atoms with van der Waals surface area (Å²) < 4.78 is 1.58. The highest BCUT2D eigenvalue weighted by Crippen LogP contribution is 2.16. The van der Waals surface area contributed by atoms with Crippen molar-refractivity contribution in [1.82, 2.24) is 14.8 Å². The zero-order valence-electron chi connectivity index (χ0n) is 12.4. The first-order valence-electron chi connectivity index (χ1n) is 7.05. The summed E-state index contributed by atoms with van der Waals surface area (Å²) >= 11 is 0. The maximum atomic E-state index is 12.1. The predicted octanol–water partition coefficient (Wildman–Crippen LogP) is 1.86. The maximum absolute atomic E-state index is 12.1. The lowest BCUT2D eigenvalue weighted by atomic mass is 10.1. The third kappa shape index (κ3) is 3.08. The van der Waals surface area contributed by atoms with E-state index in [1.807, 2.05) is 6.07 Å². The topological polar surface area (TPSA) is 112 Å². The molecule has 0 fully saturated rings. The first kappa shape index (κ1) is 15.2. The highest BCUT2D eigenvalue weighted by Gasteiger charge is 2.08. The first-order valence-corrected chi connectivity index (χ1v) is 7.05. The number of carboxylic acids is 1. The van der Waals surface area contributed by atoms with Gasteiger partial charge in [-0.1, -0.05) is 12.1 Å². The van der Waals surface area contributed by atoms with Crippen molar-refractivity contribution in [3.8, 4) is 17.2 Å². The Hall–Kier alpha value is -3.66. The normalized spacial score (nSPS) is 10.3. The molecule has 24 heavy (non-hydrogen) atoms. The number of aromatic nitrogens is 3. The summed E-state index contributed by atoms with van der Waals surface area (Å²) in [6.07, 6.45) is 2.94. The van der Waals surface area contributed by atoms with E-state index in [0.29, 0.717) is 28.9 Å². The summed E-state index contributed by atoms with van der Waals surface area (Å²) in [5.74, 6) is -1.04. The van der Waals surface area contributed by atoms with Crippen LogP contribution in [0.5, 0.6) is 0 Å². The van der Waals surface area contributed by atoms with Crippen molar-refractivity contribution in [2.45, 2.75) is 6.54 Å². The van der Waals surface area contributed by atoms with Crippen LogP contribution in [0.15, 0.2) is 53.6 Å². The van der Waals surface area contributed by atoms with Gasteiger partial charge in [0.25, 0.3) is 5.56 Å². The zero-order chi connectivity index (χ0) is 17.1. The van der Waals surface area contributed by atoms with Crippen molar-refractivity contribution in [2.75, 3.05) is 0 Å². The molecular formula is C17H12N4O3. The quantitative estimate of drug-likeness (QED) is 0.762. The fraction of sp³-hybridized carbons (Fsp3) is 0.0588. The molecule has 0 unspecified atom stereocenters. The zero-order valence-corrected chi connectivity index (χ0v) is 12.4. The molecule has 0 amide bonds. The van der Waals surface area contributed by atoms with E-state index in [2.05, 4.69) is 10.1 Å². The molecule has 1 aromatic carbocycles. The molecule has 2 heterocycles. The second-order valence-corrected chi connectivity index (χ2v) is 5.14. The van der Waals surface area contributed by atoms with Crippen molar-refractivity contribution < 1.29 is 9.90 Å². The summed E-state index contributed by atoms with van der Waals surface area (Å²) in [5.41, 5.74) is 2.21. The van der Waals surface area contributed by atoms with Gasteiger partial charge in [-0.2, -0.15) is 5.26 Å². The fourth-order valence-electron chi connectivity index (χ4n) is 2.27. The number of aromatic carboxylic acids is 1. The molecule has 3 aromatic rings. The van der Waals surface area contributed by atoms with Gasteiger partial charge in [-0.25, -0.2) is 4.79 Å². The van der Waals surface area contributed by atoms with E-state index >= 15 is 0 Å². The van der Waals surface area contributed by atoms with E-state index in [9.17, 15) is 9.59 Å². The number of benzene rings is 1. The lowest BCUT2D eigenvalue weighted by Crippen LogP contribution is -2.08. The van der Waals surface area contributed by atoms with Crippen LogP contribution in [0.3, 0.4) is 0 Å². The van der Waals surface area contributed by atoms with Crippen molar-refractivity contribution in [2.24, 2.45) is 0 Å². The average molecular weight is 320 g/mol. The molecule has 118 valence electrons. The SMILES string of the molecule is N#Cc1ccc(-c2cn(Cc3ccc(C(=O)O)cn3)[nH]c2=O)cc1. The number of rotatable bonds is 4. The van der Waals surface area contributed by atoms with Gasteiger partial charge in [-0.3, -0.25) is 19.6 Å². The van der Waals surface area contributed by atoms with Crippen LogP contribution in [0.2, 0.25) is 0 Å². The number of carboxylic acid groups (broad SMARTS) is 1. The lowest BCUT2D eigenvalue weighted by molar-refractivity contribution is 0.0696. The molecule has 2 N–H and O–H groups in total. The van der Waals surface area contributed by atoms with E-state index in [0.717, 1.165) is 0 Å². The van der Waals surface area contributed by atoms with Gasteiger partial charge in [0.2, 0.25) is 0 Å². The van der Waals surface area contributed by atoms with Crippen LogP contribution < -0.4 is 5.56 Å². The molecule has 0 saturated heterocycles. The van der Waals surface area contributed by atoms with E-state index in [4.69, 9.17) is 10.4 Å². The smallest absolute Gasteiger partial charge is 0.337 e. The minimum atomic E-state index is -1.04. The van der Waals surface area contributed by atoms with Gasteiger partial charge in [0.15, 0.2) is 0 Å². The molecule has 0 bridgehead atoms. The minimum Gasteiger partial charge on any atom is -0.478 e. The maximum Gasteiger partial charge on any atom is 0.337 e. The molecular weight excluding hydrogens is 308 g/mol. The van der Waals surface area contributed by atoms with Gasteiger partial charge < -0.3 is 5.11 Å². The second kappa shape index (κ2) is 6.22. The van der Waals surface area contributed by atoms with Crippen molar-refractivity contribution in [3.63, 3.8) is 0 Å². The van der Waals surface area contributed by atoms with Gasteiger partial charge in [-0.15, -0.1) is 0 Å². The second-order valence-electron chi connectivity index (χ2n) is 5.14. The number of nitriles is 1. The molecule has 0 aliphatic rings. The fourth-order valence-corrected chi connectivity index (χ4v) is 2.27. The third-order valence-corrected chi connectivity index (χ3v) is 3.50. The monoisotopic (exact) mass is 320 g/mol. The largest absolute Gasteiger partial charge is 0.478 e. The van der Waals surface area contributed by atoms with Crippen molar-refractivity contribution in [1.29, 1.82) is 5.26 Å². The standard InChI is InChI=1S/C17H12N4O3/c18-7-11-1-3-12(4-2-11)15-10-21(20-16(15)22)9-14-6-5-13(8-19-14)17(23)24/h1-6,8,10H,9H2,(H,20,22)(H,23,24). The van der Waals surface area contributed by atoms with E-state index in [1.165, 1.54) is 12.3 Å². The van der Waals surface area contributed by atoms with E-state index < -0.39 is 5.97 Å². The number of carbonyl (C=O) groups is 1. The molecule has 2 aromatic heterocycles. The Kier molecular flexibility index (Phi) is 3.95. The molecule has 7 nitrogen and oxygen atoms in total. The number of nitrogens with zero attached hydrogens (tertiary/aromatic N) is 3. The van der Waals surface area contributed by atoms with Gasteiger partial charge in [0.05, 0.1) is 35.0 Å². The first-order chi connectivity index (χ1) is 11.6. The van der Waals surface area contributed by atoms with Gasteiger partial charge in [0, 0.05) is 12.4 Å². The van der Waals surface area contributed by atoms with Crippen molar-refractivity contribution in [3.05, 3.63) is 76.0 Å². The highest BCUT2D eigenvalue weighted by atomic mass is 16.4. The molecule has 0 aliphatic carbocycles. The Morgan fingerprint density at radius 1 is 1.25 bits per heavy atom. The number of aromatic amines is 1. The van der Waals surface area contributed by atoms with Crippen LogP contribution in [0.1, 0.15) is 21.6 Å². The molecule has 7 heteroatoms. The van der Waals surface area contributed by atoms with Crippen LogP contribution in [0.4, 0.5) is 0 Å². The molecule has 0 atom stereocenters. The Labute approximate surface area is 136 Å². The predicted molar refractivity (Wildman–Crippen MR) is 85.5 cm³/mol. The Morgan fingerprint density at radius 3 is 2.58 bits per heavy atom. The lowest BCUT2D eigenvalue weighted by Gasteiger charge is -2.02. The van der Waals surface area contributed by atoms with E-state index in [-0.39, 0.29) is 11.1 Å². The van der Waals surface area contributed by atoms with Crippen LogP contribution in [0, 0.1) is 11.3 Å². The number of hydrogen-bond acceptors (Lipinski definition) is 4. The molecule has 0 spiro atoms. The Balaban J connectivity index is 1.84. The molecule has 0 radical (unpaired) electrons. The van der Waals surface area contributed by atoms with Crippen LogP contribution in [-0.4, -0.2) is 25.8 Å². The van der Waals surface area contributed by atoms with E-state index in [1.54, 1.807) is 41.2 Å². The van der Waals surface area contributed by atoms with Gasteiger partial charge in [-0.05, 0) is 29.8 Å². The van der Waals surface area contributed by atoms with Crippen molar-refractivity contribution >= 4 is 5.97 Å². The summed E-state index contributed by atoms with van der Waals surface area (Å²) in [4.78, 5) is 27.0.